The van der Waals surface area contributed by atoms with Crippen LogP contribution in [0.2, 0.25) is 0 Å². The minimum Gasteiger partial charge on any atom is -0.381 e. The van der Waals surface area contributed by atoms with E-state index in [2.05, 4.69) is 13.8 Å². The van der Waals surface area contributed by atoms with Crippen molar-refractivity contribution in [3.05, 3.63) is 0 Å². The van der Waals surface area contributed by atoms with Crippen LogP contribution in [0.3, 0.4) is 0 Å². The van der Waals surface area contributed by atoms with Crippen LogP contribution in [0, 0.1) is 0 Å². The lowest BCUT2D eigenvalue weighted by Crippen LogP contribution is -1.92. The monoisotopic (exact) mass is 147 g/mol. The first-order valence-electron chi connectivity index (χ1n) is 4.11. The van der Waals surface area contributed by atoms with Gasteiger partial charge in [0.05, 0.1) is 0 Å². The topological polar surface area (TPSA) is 35.2 Å². The number of hydrogen-bond donors (Lipinski definition) is 1. The van der Waals surface area contributed by atoms with Gasteiger partial charge in [0.2, 0.25) is 0 Å². The summed E-state index contributed by atoms with van der Waals surface area (Å²) in [4.78, 5) is 0. The molecule has 0 aliphatic heterocycles. The molecule has 2 heteroatoms. The maximum atomic E-state index is 5.13. The van der Waals surface area contributed by atoms with Gasteiger partial charge in [-0.2, -0.15) is 0 Å². The number of rotatable bonds is 4. The zero-order valence-electron chi connectivity index (χ0n) is 7.52. The quantitative estimate of drug-likeness (QED) is 0.615. The smallest absolute Gasteiger partial charge is 0.0463 e. The van der Waals surface area contributed by atoms with E-state index in [0.717, 1.165) is 32.6 Å². The lowest BCUT2D eigenvalue weighted by molar-refractivity contribution is 0.135. The molecule has 0 atom stereocenters. The fourth-order valence-electron chi connectivity index (χ4n) is 0.391. The molecule has 2 nitrogen and oxygen atoms in total. The van der Waals surface area contributed by atoms with Crippen LogP contribution in [-0.2, 0) is 4.74 Å². The van der Waals surface area contributed by atoms with Gasteiger partial charge in [-0.1, -0.05) is 20.8 Å². The molecular formula is C8H21NO. The van der Waals surface area contributed by atoms with Crippen LogP contribution in [0.5, 0.6) is 0 Å². The molecule has 0 radical (unpaired) electrons. The predicted molar refractivity (Wildman–Crippen MR) is 46.1 cm³/mol. The number of ether oxygens (including phenoxy) is 1. The zero-order valence-corrected chi connectivity index (χ0v) is 7.52. The van der Waals surface area contributed by atoms with Crippen molar-refractivity contribution in [1.82, 2.24) is 0 Å². The van der Waals surface area contributed by atoms with Crippen molar-refractivity contribution in [2.75, 3.05) is 19.8 Å². The van der Waals surface area contributed by atoms with E-state index in [0.29, 0.717) is 0 Å². The van der Waals surface area contributed by atoms with E-state index in [9.17, 15) is 0 Å². The van der Waals surface area contributed by atoms with Crippen molar-refractivity contribution in [1.29, 1.82) is 0 Å². The Morgan fingerprint density at radius 2 is 1.30 bits per heavy atom. The van der Waals surface area contributed by atoms with E-state index >= 15 is 0 Å². The minimum atomic E-state index is 0.750. The first-order chi connectivity index (χ1) is 4.83. The second kappa shape index (κ2) is 16.0. The summed E-state index contributed by atoms with van der Waals surface area (Å²) >= 11 is 0. The highest BCUT2D eigenvalue weighted by atomic mass is 16.5. The van der Waals surface area contributed by atoms with Crippen LogP contribution in [0.4, 0.5) is 0 Å². The molecule has 0 saturated heterocycles. The highest BCUT2D eigenvalue weighted by Crippen LogP contribution is 1.81. The van der Waals surface area contributed by atoms with Crippen molar-refractivity contribution in [3.8, 4) is 0 Å². The summed E-state index contributed by atoms with van der Waals surface area (Å²) in [6.07, 6.45) is 2.28. The standard InChI is InChI=1S/C6H14O.C2H7N/c1-3-5-7-6-4-2;1-2-3/h3-6H2,1-2H3;2-3H2,1H3. The van der Waals surface area contributed by atoms with Crippen molar-refractivity contribution >= 4 is 0 Å². The Balaban J connectivity index is 0. The van der Waals surface area contributed by atoms with Crippen LogP contribution >= 0.6 is 0 Å². The SMILES string of the molecule is CCCOCCC.CCN. The Labute approximate surface area is 64.8 Å². The first kappa shape index (κ1) is 12.6. The molecule has 0 spiro atoms. The fourth-order valence-corrected chi connectivity index (χ4v) is 0.391. The van der Waals surface area contributed by atoms with E-state index in [1.54, 1.807) is 0 Å². The molecule has 0 heterocycles. The van der Waals surface area contributed by atoms with Gasteiger partial charge in [0.15, 0.2) is 0 Å². The predicted octanol–water partition coefficient (Wildman–Crippen LogP) is 1.79. The zero-order chi connectivity index (χ0) is 8.24. The van der Waals surface area contributed by atoms with Crippen molar-refractivity contribution in [3.63, 3.8) is 0 Å². The molecule has 0 bridgehead atoms. The van der Waals surface area contributed by atoms with Gasteiger partial charge in [-0.25, -0.2) is 0 Å². The average molecular weight is 147 g/mol. The molecule has 0 aliphatic carbocycles. The summed E-state index contributed by atoms with van der Waals surface area (Å²) in [6.45, 7) is 8.74. The fraction of sp³-hybridized carbons (Fsp3) is 1.00. The maximum Gasteiger partial charge on any atom is 0.0463 e. The Bertz CT molecular complexity index is 36.2. The molecule has 0 fully saturated rings. The summed E-state index contributed by atoms with van der Waals surface area (Å²) in [7, 11) is 0. The third-order valence-corrected chi connectivity index (χ3v) is 0.697. The number of hydrogen-bond acceptors (Lipinski definition) is 2. The molecule has 0 aromatic carbocycles. The van der Waals surface area contributed by atoms with Gasteiger partial charge in [-0.15, -0.1) is 0 Å². The van der Waals surface area contributed by atoms with Gasteiger partial charge < -0.3 is 10.5 Å². The van der Waals surface area contributed by atoms with E-state index in [4.69, 9.17) is 10.5 Å². The largest absolute Gasteiger partial charge is 0.381 e. The molecule has 0 rings (SSSR count). The molecule has 0 aliphatic rings. The Hall–Kier alpha value is -0.0800. The van der Waals surface area contributed by atoms with Gasteiger partial charge in [0.1, 0.15) is 0 Å². The summed E-state index contributed by atoms with van der Waals surface area (Å²) in [5.74, 6) is 0. The summed E-state index contributed by atoms with van der Waals surface area (Å²) in [5.41, 5.74) is 4.85. The molecule has 0 amide bonds. The summed E-state index contributed by atoms with van der Waals surface area (Å²) < 4.78 is 5.13. The molecule has 10 heavy (non-hydrogen) atoms. The number of nitrogens with two attached hydrogens (primary N) is 1. The third-order valence-electron chi connectivity index (χ3n) is 0.697. The minimum absolute atomic E-state index is 0.750. The highest BCUT2D eigenvalue weighted by molar-refractivity contribution is 4.25. The molecule has 64 valence electrons. The molecule has 0 unspecified atom stereocenters. The van der Waals surface area contributed by atoms with Gasteiger partial charge >= 0.3 is 0 Å². The van der Waals surface area contributed by atoms with Gasteiger partial charge in [0.25, 0.3) is 0 Å². The van der Waals surface area contributed by atoms with Crippen LogP contribution in [0.15, 0.2) is 0 Å². The normalized spacial score (nSPS) is 8.40. The van der Waals surface area contributed by atoms with Crippen LogP contribution in [0.1, 0.15) is 33.6 Å². The second-order valence-electron chi connectivity index (χ2n) is 2.02. The van der Waals surface area contributed by atoms with E-state index in [1.165, 1.54) is 0 Å². The van der Waals surface area contributed by atoms with Crippen molar-refractivity contribution < 1.29 is 4.74 Å². The van der Waals surface area contributed by atoms with Crippen LogP contribution < -0.4 is 5.73 Å². The highest BCUT2D eigenvalue weighted by Gasteiger charge is 1.77. The van der Waals surface area contributed by atoms with E-state index in [-0.39, 0.29) is 0 Å². The van der Waals surface area contributed by atoms with Gasteiger partial charge in [-0.05, 0) is 19.4 Å². The van der Waals surface area contributed by atoms with Crippen LogP contribution in [-0.4, -0.2) is 19.8 Å². The summed E-state index contributed by atoms with van der Waals surface area (Å²) in [5, 5.41) is 0. The Morgan fingerprint density at radius 1 is 1.00 bits per heavy atom. The Morgan fingerprint density at radius 3 is 1.50 bits per heavy atom. The van der Waals surface area contributed by atoms with Gasteiger partial charge in [-0.3, -0.25) is 0 Å². The van der Waals surface area contributed by atoms with E-state index < -0.39 is 0 Å². The van der Waals surface area contributed by atoms with Gasteiger partial charge in [0, 0.05) is 13.2 Å². The lowest BCUT2D eigenvalue weighted by atomic mass is 10.5. The lowest BCUT2D eigenvalue weighted by Gasteiger charge is -1.95. The third kappa shape index (κ3) is 24.7. The molecular weight excluding hydrogens is 126 g/mol. The van der Waals surface area contributed by atoms with Crippen LogP contribution in [0.25, 0.3) is 0 Å². The van der Waals surface area contributed by atoms with Crippen molar-refractivity contribution in [2.45, 2.75) is 33.6 Å². The van der Waals surface area contributed by atoms with E-state index in [1.807, 2.05) is 6.92 Å². The summed E-state index contributed by atoms with van der Waals surface area (Å²) in [6, 6.07) is 0. The second-order valence-corrected chi connectivity index (χ2v) is 2.02. The molecule has 2 N–H and O–H groups in total. The molecule has 0 aromatic heterocycles. The average Bonchev–Trinajstić information content (AvgIpc) is 1.91. The Kier molecular flexibility index (Phi) is 20.1. The first-order valence-corrected chi connectivity index (χ1v) is 4.11. The van der Waals surface area contributed by atoms with Crippen molar-refractivity contribution in [2.24, 2.45) is 5.73 Å². The molecule has 0 saturated carbocycles. The molecule has 0 aromatic rings. The maximum absolute atomic E-state index is 5.13.